The van der Waals surface area contributed by atoms with Crippen molar-refractivity contribution in [3.05, 3.63) is 18.5 Å². The van der Waals surface area contributed by atoms with Crippen LogP contribution in [-0.4, -0.2) is 30.3 Å². The number of ether oxygens (including phenoxy) is 1. The summed E-state index contributed by atoms with van der Waals surface area (Å²) in [5.41, 5.74) is 6.22. The first kappa shape index (κ1) is 8.12. The molecule has 1 aromatic rings. The molecule has 1 fully saturated rings. The number of hydrogen-bond donors (Lipinski definition) is 2. The van der Waals surface area contributed by atoms with Crippen molar-refractivity contribution in [1.29, 1.82) is 0 Å². The number of anilines is 1. The molecule has 1 unspecified atom stereocenters. The van der Waals surface area contributed by atoms with Crippen molar-refractivity contribution in [1.82, 2.24) is 4.98 Å². The zero-order chi connectivity index (χ0) is 9.26. The molecule has 0 aromatic carbocycles. The molecule has 1 aliphatic heterocycles. The summed E-state index contributed by atoms with van der Waals surface area (Å²) in [5.74, 6) is 0. The fourth-order valence-corrected chi connectivity index (χ4v) is 1.34. The van der Waals surface area contributed by atoms with Crippen LogP contribution in [0.4, 0.5) is 10.5 Å². The van der Waals surface area contributed by atoms with E-state index in [0.717, 1.165) is 5.69 Å². The number of nitrogens with two attached hydrogens (primary N) is 1. The van der Waals surface area contributed by atoms with Crippen molar-refractivity contribution in [2.75, 3.05) is 18.0 Å². The lowest BCUT2D eigenvalue weighted by atomic mass is 10.3. The highest BCUT2D eigenvalue weighted by atomic mass is 16.6. The Kier molecular flexibility index (Phi) is 1.94. The summed E-state index contributed by atoms with van der Waals surface area (Å²) in [7, 11) is 0. The van der Waals surface area contributed by atoms with Gasteiger partial charge in [0.25, 0.3) is 0 Å². The molecule has 1 aliphatic rings. The molecule has 5 heteroatoms. The molecular weight excluding hydrogens is 170 g/mol. The average Bonchev–Trinajstić information content (AvgIpc) is 2.72. The number of carbonyl (C=O) groups is 1. The van der Waals surface area contributed by atoms with E-state index in [9.17, 15) is 4.79 Å². The van der Waals surface area contributed by atoms with Gasteiger partial charge in [-0.2, -0.15) is 0 Å². The van der Waals surface area contributed by atoms with Crippen LogP contribution in [0.2, 0.25) is 0 Å². The molecule has 0 bridgehead atoms. The van der Waals surface area contributed by atoms with E-state index >= 15 is 0 Å². The third-order valence-corrected chi connectivity index (χ3v) is 2.03. The summed E-state index contributed by atoms with van der Waals surface area (Å²) in [6, 6.07) is 1.82. The molecule has 70 valence electrons. The lowest BCUT2D eigenvalue weighted by Gasteiger charge is -2.08. The van der Waals surface area contributed by atoms with Gasteiger partial charge in [0.05, 0.1) is 12.2 Å². The van der Waals surface area contributed by atoms with Gasteiger partial charge in [-0.05, 0) is 6.07 Å². The highest BCUT2D eigenvalue weighted by molar-refractivity contribution is 5.89. The van der Waals surface area contributed by atoms with Crippen LogP contribution in [0.1, 0.15) is 0 Å². The molecule has 2 heterocycles. The number of nitrogens with one attached hydrogen (secondary N) is 1. The minimum atomic E-state index is -0.324. The van der Waals surface area contributed by atoms with Crippen LogP contribution >= 0.6 is 0 Å². The Balaban J connectivity index is 2.14. The quantitative estimate of drug-likeness (QED) is 0.689. The molecule has 13 heavy (non-hydrogen) atoms. The van der Waals surface area contributed by atoms with Gasteiger partial charge in [-0.3, -0.25) is 4.90 Å². The van der Waals surface area contributed by atoms with Crippen molar-refractivity contribution in [3.63, 3.8) is 0 Å². The molecule has 1 aromatic heterocycles. The minimum Gasteiger partial charge on any atom is -0.443 e. The van der Waals surface area contributed by atoms with Crippen molar-refractivity contribution in [2.24, 2.45) is 5.73 Å². The zero-order valence-corrected chi connectivity index (χ0v) is 7.06. The van der Waals surface area contributed by atoms with Crippen LogP contribution in [0.15, 0.2) is 18.5 Å². The van der Waals surface area contributed by atoms with Gasteiger partial charge in [0, 0.05) is 18.9 Å². The summed E-state index contributed by atoms with van der Waals surface area (Å²) in [6.45, 7) is 0.903. The van der Waals surface area contributed by atoms with Crippen molar-refractivity contribution < 1.29 is 9.53 Å². The van der Waals surface area contributed by atoms with Gasteiger partial charge in [-0.25, -0.2) is 4.79 Å². The smallest absolute Gasteiger partial charge is 0.414 e. The standard InChI is InChI=1S/C8H11N3O2/c9-3-7-5-11(8(12)13-7)6-1-2-10-4-6/h1-2,4,7,10H,3,5,9H2. The second-order valence-electron chi connectivity index (χ2n) is 2.92. The number of aromatic nitrogens is 1. The normalized spacial score (nSPS) is 22.1. The van der Waals surface area contributed by atoms with Crippen LogP contribution in [0, 0.1) is 0 Å². The number of H-pyrrole nitrogens is 1. The first-order valence-corrected chi connectivity index (χ1v) is 4.12. The van der Waals surface area contributed by atoms with Gasteiger partial charge < -0.3 is 15.5 Å². The lowest BCUT2D eigenvalue weighted by molar-refractivity contribution is 0.145. The van der Waals surface area contributed by atoms with E-state index in [0.29, 0.717) is 13.1 Å². The molecule has 2 rings (SSSR count). The lowest BCUT2D eigenvalue weighted by Crippen LogP contribution is -2.27. The number of hydrogen-bond acceptors (Lipinski definition) is 3. The maximum absolute atomic E-state index is 11.3. The number of aromatic amines is 1. The number of carbonyl (C=O) groups excluding carboxylic acids is 1. The van der Waals surface area contributed by atoms with Crippen molar-refractivity contribution >= 4 is 11.8 Å². The second kappa shape index (κ2) is 3.10. The fraction of sp³-hybridized carbons (Fsp3) is 0.375. The Morgan fingerprint density at radius 3 is 3.15 bits per heavy atom. The topological polar surface area (TPSA) is 71.3 Å². The molecule has 3 N–H and O–H groups in total. The molecular formula is C8H11N3O2. The van der Waals surface area contributed by atoms with Crippen LogP contribution in [0.3, 0.4) is 0 Å². The Bertz CT molecular complexity index is 296. The number of nitrogens with zero attached hydrogens (tertiary/aromatic N) is 1. The third kappa shape index (κ3) is 1.38. The number of rotatable bonds is 2. The predicted molar refractivity (Wildman–Crippen MR) is 47.5 cm³/mol. The molecule has 0 radical (unpaired) electrons. The molecule has 0 saturated carbocycles. The van der Waals surface area contributed by atoms with Crippen LogP contribution in [0.5, 0.6) is 0 Å². The maximum atomic E-state index is 11.3. The van der Waals surface area contributed by atoms with Gasteiger partial charge in [0.2, 0.25) is 0 Å². The molecule has 0 aliphatic carbocycles. The zero-order valence-electron chi connectivity index (χ0n) is 7.06. The van der Waals surface area contributed by atoms with Gasteiger partial charge in [0.1, 0.15) is 6.10 Å². The first-order chi connectivity index (χ1) is 6.31. The van der Waals surface area contributed by atoms with Crippen LogP contribution in [0.25, 0.3) is 0 Å². The van der Waals surface area contributed by atoms with E-state index in [1.54, 1.807) is 17.3 Å². The van der Waals surface area contributed by atoms with E-state index < -0.39 is 0 Å². The Hall–Kier alpha value is -1.49. The number of amides is 1. The average molecular weight is 181 g/mol. The van der Waals surface area contributed by atoms with E-state index in [4.69, 9.17) is 10.5 Å². The molecule has 1 atom stereocenters. The van der Waals surface area contributed by atoms with E-state index in [1.165, 1.54) is 0 Å². The van der Waals surface area contributed by atoms with E-state index in [1.807, 2.05) is 6.07 Å². The van der Waals surface area contributed by atoms with Crippen LogP contribution in [-0.2, 0) is 4.74 Å². The molecule has 0 spiro atoms. The largest absolute Gasteiger partial charge is 0.443 e. The fourth-order valence-electron chi connectivity index (χ4n) is 1.34. The summed E-state index contributed by atoms with van der Waals surface area (Å²) >= 11 is 0. The number of cyclic esters (lactones) is 1. The van der Waals surface area contributed by atoms with Crippen LogP contribution < -0.4 is 10.6 Å². The van der Waals surface area contributed by atoms with Gasteiger partial charge >= 0.3 is 6.09 Å². The van der Waals surface area contributed by atoms with Gasteiger partial charge in [-0.1, -0.05) is 0 Å². The summed E-state index contributed by atoms with van der Waals surface area (Å²) in [5, 5.41) is 0. The third-order valence-electron chi connectivity index (χ3n) is 2.03. The van der Waals surface area contributed by atoms with Gasteiger partial charge in [-0.15, -0.1) is 0 Å². The summed E-state index contributed by atoms with van der Waals surface area (Å²) in [4.78, 5) is 15.7. The molecule has 1 amide bonds. The second-order valence-corrected chi connectivity index (χ2v) is 2.92. The monoisotopic (exact) mass is 181 g/mol. The van der Waals surface area contributed by atoms with E-state index in [-0.39, 0.29) is 12.2 Å². The molecule has 5 nitrogen and oxygen atoms in total. The summed E-state index contributed by atoms with van der Waals surface area (Å²) < 4.78 is 5.00. The Morgan fingerprint density at radius 2 is 2.62 bits per heavy atom. The SMILES string of the molecule is NCC1CN(c2cc[nH]c2)C(=O)O1. The van der Waals surface area contributed by atoms with Crippen molar-refractivity contribution in [3.8, 4) is 0 Å². The van der Waals surface area contributed by atoms with Gasteiger partial charge in [0.15, 0.2) is 0 Å². The first-order valence-electron chi connectivity index (χ1n) is 4.12. The molecule has 1 saturated heterocycles. The predicted octanol–water partition coefficient (Wildman–Crippen LogP) is 0.299. The Morgan fingerprint density at radius 1 is 1.77 bits per heavy atom. The maximum Gasteiger partial charge on any atom is 0.414 e. The Labute approximate surface area is 75.5 Å². The summed E-state index contributed by atoms with van der Waals surface area (Å²) in [6.07, 6.45) is 3.01. The van der Waals surface area contributed by atoms with E-state index in [2.05, 4.69) is 4.98 Å². The minimum absolute atomic E-state index is 0.178. The highest BCUT2D eigenvalue weighted by Crippen LogP contribution is 2.19. The highest BCUT2D eigenvalue weighted by Gasteiger charge is 2.31. The van der Waals surface area contributed by atoms with Crippen molar-refractivity contribution in [2.45, 2.75) is 6.10 Å².